The molecule has 0 saturated heterocycles. The van der Waals surface area contributed by atoms with E-state index in [0.29, 0.717) is 32.1 Å². The van der Waals surface area contributed by atoms with Gasteiger partial charge in [-0.05, 0) is 50.5 Å². The number of rotatable bonds is 6. The number of ketones is 3. The fourth-order valence-corrected chi connectivity index (χ4v) is 5.97. The summed E-state index contributed by atoms with van der Waals surface area (Å²) >= 11 is 0. The predicted molar refractivity (Wildman–Crippen MR) is 127 cm³/mol. The molecule has 8 nitrogen and oxygen atoms in total. The molecule has 0 aliphatic heterocycles. The maximum absolute atomic E-state index is 12.8. The summed E-state index contributed by atoms with van der Waals surface area (Å²) in [4.78, 5) is 53.9. The van der Waals surface area contributed by atoms with Crippen molar-refractivity contribution in [2.75, 3.05) is 7.11 Å². The van der Waals surface area contributed by atoms with E-state index in [2.05, 4.69) is 10.3 Å². The second-order valence-electron chi connectivity index (χ2n) is 9.79. The number of allylic oxidation sites excluding steroid dienone is 8. The van der Waals surface area contributed by atoms with Gasteiger partial charge in [0.05, 0.1) is 18.7 Å². The van der Waals surface area contributed by atoms with E-state index in [1.54, 1.807) is 18.2 Å². The highest BCUT2D eigenvalue weighted by Gasteiger charge is 2.48. The average molecular weight is 480 g/mol. The summed E-state index contributed by atoms with van der Waals surface area (Å²) in [5.74, 6) is -2.00. The average Bonchev–Trinajstić information content (AvgIpc) is 3.21. The normalized spacial score (nSPS) is 34.5. The van der Waals surface area contributed by atoms with Crippen LogP contribution < -0.4 is 10.4 Å². The summed E-state index contributed by atoms with van der Waals surface area (Å²) in [6.07, 6.45) is 12.9. The third-order valence-electron chi connectivity index (χ3n) is 7.61. The molecule has 0 aromatic heterocycles. The van der Waals surface area contributed by atoms with Crippen LogP contribution in [0, 0.1) is 23.7 Å². The molecule has 4 aliphatic carbocycles. The molecule has 1 N–H and O–H groups in total. The lowest BCUT2D eigenvalue weighted by atomic mass is 9.78. The third-order valence-corrected chi connectivity index (χ3v) is 7.61. The zero-order valence-electron chi connectivity index (χ0n) is 20.1. The highest BCUT2D eigenvalue weighted by molar-refractivity contribution is 6.27. The van der Waals surface area contributed by atoms with E-state index in [9.17, 15) is 24.3 Å². The van der Waals surface area contributed by atoms with Crippen LogP contribution in [0.5, 0.6) is 0 Å². The molecular formula is C27H31N2O6-. The summed E-state index contributed by atoms with van der Waals surface area (Å²) < 4.78 is 4.87. The van der Waals surface area contributed by atoms with Gasteiger partial charge in [0.15, 0.2) is 23.8 Å². The first-order chi connectivity index (χ1) is 16.8. The number of nitrogens with zero attached hydrogens (tertiary/aromatic N) is 1. The quantitative estimate of drug-likeness (QED) is 0.203. The molecule has 186 valence electrons. The molecule has 4 rings (SSSR count). The second-order valence-corrected chi connectivity index (χ2v) is 9.79. The Morgan fingerprint density at radius 1 is 0.943 bits per heavy atom. The summed E-state index contributed by atoms with van der Waals surface area (Å²) in [5.41, 5.74) is 0.388. The van der Waals surface area contributed by atoms with Gasteiger partial charge in [-0.15, -0.1) is 5.76 Å². The molecule has 0 heterocycles. The Bertz CT molecular complexity index is 1070. The molecule has 3 fully saturated rings. The highest BCUT2D eigenvalue weighted by Crippen LogP contribution is 2.42. The number of methoxy groups -OCH3 is 1. The number of carbonyl (C=O) groups is 4. The standard InChI is InChI=1S/C27H32N2O6/c1-15(30)29-17-9-11-19-23(13-17)27(34)21(25(19)32)7-5-3-4-6-20-24(31)18-10-8-16(28-14-35-2)12-22(18)26(20)33/h3-7,14,16-19,22-23,34H,8-13H2,1-2H3,(H,29,30)/p-1. The largest absolute Gasteiger partial charge is 0.875 e. The molecular weight excluding hydrogens is 448 g/mol. The zero-order valence-corrected chi connectivity index (χ0v) is 20.1. The van der Waals surface area contributed by atoms with Gasteiger partial charge in [-0.2, -0.15) is 0 Å². The van der Waals surface area contributed by atoms with Crippen LogP contribution in [0.2, 0.25) is 0 Å². The Balaban J connectivity index is 1.40. The van der Waals surface area contributed by atoms with Crippen molar-refractivity contribution >= 4 is 29.7 Å². The van der Waals surface area contributed by atoms with E-state index in [1.807, 2.05) is 0 Å². The van der Waals surface area contributed by atoms with E-state index in [-0.39, 0.29) is 75.9 Å². The molecule has 35 heavy (non-hydrogen) atoms. The number of hydrogen-bond donors (Lipinski definition) is 1. The lowest BCUT2D eigenvalue weighted by Gasteiger charge is -2.34. The number of nitrogens with one attached hydrogen (secondary N) is 1. The Kier molecular flexibility index (Phi) is 7.48. The van der Waals surface area contributed by atoms with Gasteiger partial charge in [0.1, 0.15) is 0 Å². The smallest absolute Gasteiger partial charge is 0.217 e. The zero-order chi connectivity index (χ0) is 25.1. The fraction of sp³-hybridized carbons (Fsp3) is 0.519. The van der Waals surface area contributed by atoms with Crippen LogP contribution in [0.3, 0.4) is 0 Å². The van der Waals surface area contributed by atoms with Gasteiger partial charge in [0, 0.05) is 36.3 Å². The monoisotopic (exact) mass is 479 g/mol. The minimum Gasteiger partial charge on any atom is -0.875 e. The van der Waals surface area contributed by atoms with Crippen LogP contribution in [-0.4, -0.2) is 48.9 Å². The molecule has 0 bridgehead atoms. The van der Waals surface area contributed by atoms with Crippen molar-refractivity contribution in [2.45, 2.75) is 57.5 Å². The van der Waals surface area contributed by atoms with Gasteiger partial charge < -0.3 is 15.2 Å². The maximum atomic E-state index is 12.8. The lowest BCUT2D eigenvalue weighted by molar-refractivity contribution is -0.317. The van der Waals surface area contributed by atoms with Crippen molar-refractivity contribution in [2.24, 2.45) is 28.7 Å². The highest BCUT2D eigenvalue weighted by atomic mass is 16.5. The van der Waals surface area contributed by atoms with Gasteiger partial charge in [0.25, 0.3) is 0 Å². The van der Waals surface area contributed by atoms with Crippen LogP contribution in [0.1, 0.15) is 45.4 Å². The van der Waals surface area contributed by atoms with Gasteiger partial charge in [-0.25, -0.2) is 0 Å². The van der Waals surface area contributed by atoms with Gasteiger partial charge in [-0.3, -0.25) is 24.2 Å². The summed E-state index contributed by atoms with van der Waals surface area (Å²) in [6, 6.07) is -0.0888. The molecule has 0 spiro atoms. The minimum absolute atomic E-state index is 0.0125. The molecule has 4 aliphatic rings. The van der Waals surface area contributed by atoms with Gasteiger partial charge >= 0.3 is 0 Å². The van der Waals surface area contributed by atoms with Crippen molar-refractivity contribution in [3.05, 3.63) is 47.3 Å². The Hall–Kier alpha value is -3.29. The number of ether oxygens (including phenoxy) is 1. The van der Waals surface area contributed by atoms with E-state index in [1.165, 1.54) is 32.6 Å². The van der Waals surface area contributed by atoms with E-state index < -0.39 is 0 Å². The first-order valence-electron chi connectivity index (χ1n) is 12.2. The Morgan fingerprint density at radius 2 is 1.66 bits per heavy atom. The SMILES string of the molecule is COC=NC1CCC2C(=O)C(=CC=CC=CC3=C([O-])C4CC(NC(C)=O)CCC4C3=O)C(=O)C2C1. The molecule has 3 saturated carbocycles. The number of amides is 1. The molecule has 0 aromatic carbocycles. The van der Waals surface area contributed by atoms with E-state index in [0.717, 1.165) is 6.42 Å². The maximum Gasteiger partial charge on any atom is 0.217 e. The summed E-state index contributed by atoms with van der Waals surface area (Å²) in [7, 11) is 1.52. The third kappa shape index (κ3) is 5.06. The molecule has 8 heteroatoms. The number of aliphatic imine (C=N–C) groups is 1. The molecule has 1 amide bonds. The summed E-state index contributed by atoms with van der Waals surface area (Å²) in [6.45, 7) is 1.45. The van der Waals surface area contributed by atoms with Crippen molar-refractivity contribution in [3.8, 4) is 0 Å². The summed E-state index contributed by atoms with van der Waals surface area (Å²) in [5, 5.41) is 15.7. The second kappa shape index (κ2) is 10.5. The van der Waals surface area contributed by atoms with Crippen LogP contribution in [0.4, 0.5) is 0 Å². The minimum atomic E-state index is -0.382. The van der Waals surface area contributed by atoms with Crippen LogP contribution >= 0.6 is 0 Å². The van der Waals surface area contributed by atoms with Crippen molar-refractivity contribution in [3.63, 3.8) is 0 Å². The van der Waals surface area contributed by atoms with Crippen molar-refractivity contribution in [1.29, 1.82) is 0 Å². The number of hydrogen-bond acceptors (Lipinski definition) is 7. The number of carbonyl (C=O) groups excluding carboxylic acids is 4. The van der Waals surface area contributed by atoms with E-state index in [4.69, 9.17) is 4.74 Å². The first kappa shape index (κ1) is 24.8. The predicted octanol–water partition coefficient (Wildman–Crippen LogP) is 1.75. The Morgan fingerprint density at radius 3 is 2.40 bits per heavy atom. The van der Waals surface area contributed by atoms with Crippen molar-refractivity contribution in [1.82, 2.24) is 5.32 Å². The number of Topliss-reactive ketones (excluding diaryl/α,β-unsaturated/α-hetero) is 3. The first-order valence-corrected chi connectivity index (χ1v) is 12.2. The Labute approximate surface area is 204 Å². The van der Waals surface area contributed by atoms with Gasteiger partial charge in [0.2, 0.25) is 5.91 Å². The van der Waals surface area contributed by atoms with E-state index >= 15 is 0 Å². The molecule has 0 radical (unpaired) electrons. The fourth-order valence-electron chi connectivity index (χ4n) is 5.97. The number of fused-ring (bicyclic) bond motifs is 2. The van der Waals surface area contributed by atoms with Gasteiger partial charge in [-0.1, -0.05) is 24.3 Å². The van der Waals surface area contributed by atoms with Crippen molar-refractivity contribution < 1.29 is 29.0 Å². The van der Waals surface area contributed by atoms with Crippen LogP contribution in [0.25, 0.3) is 0 Å². The molecule has 0 aromatic rings. The molecule has 6 atom stereocenters. The van der Waals surface area contributed by atoms with Crippen LogP contribution in [0.15, 0.2) is 52.3 Å². The van der Waals surface area contributed by atoms with Crippen LogP contribution in [-0.2, 0) is 23.9 Å². The molecule has 6 unspecified atom stereocenters. The topological polar surface area (TPSA) is 125 Å². The lowest BCUT2D eigenvalue weighted by Crippen LogP contribution is -2.41.